The van der Waals surface area contributed by atoms with E-state index in [4.69, 9.17) is 0 Å². The lowest BCUT2D eigenvalue weighted by Crippen LogP contribution is -2.49. The molecule has 2 saturated heterocycles. The largest absolute Gasteiger partial charge is 0.334 e. The highest BCUT2D eigenvalue weighted by molar-refractivity contribution is 6.06. The number of rotatable bonds is 5. The van der Waals surface area contributed by atoms with Crippen molar-refractivity contribution in [3.63, 3.8) is 0 Å². The molecule has 1 aromatic carbocycles. The van der Waals surface area contributed by atoms with Gasteiger partial charge in [-0.25, -0.2) is 22.8 Å². The highest BCUT2D eigenvalue weighted by Crippen LogP contribution is 2.25. The van der Waals surface area contributed by atoms with Crippen LogP contribution in [0.25, 0.3) is 0 Å². The van der Waals surface area contributed by atoms with Gasteiger partial charge in [0.05, 0.1) is 12.2 Å². The molecule has 0 saturated carbocycles. The predicted octanol–water partition coefficient (Wildman–Crippen LogP) is 1.73. The summed E-state index contributed by atoms with van der Waals surface area (Å²) >= 11 is 0. The summed E-state index contributed by atoms with van der Waals surface area (Å²) < 4.78 is 39.0. The van der Waals surface area contributed by atoms with Crippen molar-refractivity contribution in [1.29, 1.82) is 0 Å². The molecule has 28 heavy (non-hydrogen) atoms. The smallest absolute Gasteiger partial charge is 0.328 e. The predicted molar refractivity (Wildman–Crippen MR) is 94.9 cm³/mol. The molecule has 0 aliphatic carbocycles. The number of urea groups is 2. The number of hydrogen-bond donors (Lipinski definition) is 3. The lowest BCUT2D eigenvalue weighted by Gasteiger charge is -2.27. The first-order valence-corrected chi connectivity index (χ1v) is 8.80. The Morgan fingerprint density at radius 3 is 2.79 bits per heavy atom. The SMILES string of the molecule is O=C1CCN(c2cc(NC(=O)NC3CCN(CC(F)F)C3)ccc2F)C(=O)N1. The second-order valence-corrected chi connectivity index (χ2v) is 6.66. The molecule has 8 nitrogen and oxygen atoms in total. The third kappa shape index (κ3) is 4.91. The van der Waals surface area contributed by atoms with Gasteiger partial charge in [0.2, 0.25) is 5.91 Å². The summed E-state index contributed by atoms with van der Waals surface area (Å²) in [5, 5.41) is 7.34. The van der Waals surface area contributed by atoms with Gasteiger partial charge in [0.15, 0.2) is 0 Å². The number of nitrogens with one attached hydrogen (secondary N) is 3. The van der Waals surface area contributed by atoms with Crippen LogP contribution in [0.15, 0.2) is 18.2 Å². The minimum absolute atomic E-state index is 0.0271. The number of hydrogen-bond acceptors (Lipinski definition) is 4. The van der Waals surface area contributed by atoms with Crippen molar-refractivity contribution >= 4 is 29.3 Å². The molecule has 152 valence electrons. The third-order valence-corrected chi connectivity index (χ3v) is 4.55. The Labute approximate surface area is 159 Å². The van der Waals surface area contributed by atoms with Crippen molar-refractivity contribution in [3.8, 4) is 0 Å². The molecule has 3 N–H and O–H groups in total. The highest BCUT2D eigenvalue weighted by Gasteiger charge is 2.28. The van der Waals surface area contributed by atoms with Crippen LogP contribution in [0.1, 0.15) is 12.8 Å². The van der Waals surface area contributed by atoms with Crippen LogP contribution in [-0.2, 0) is 4.79 Å². The maximum atomic E-state index is 14.1. The molecule has 2 heterocycles. The number of carbonyl (C=O) groups is 3. The molecule has 2 aliphatic heterocycles. The normalized spacial score (nSPS) is 20.4. The third-order valence-electron chi connectivity index (χ3n) is 4.55. The average Bonchev–Trinajstić information content (AvgIpc) is 3.03. The quantitative estimate of drug-likeness (QED) is 0.703. The molecule has 1 unspecified atom stereocenters. The molecule has 5 amide bonds. The molecule has 1 atom stereocenters. The van der Waals surface area contributed by atoms with Crippen molar-refractivity contribution in [2.24, 2.45) is 0 Å². The van der Waals surface area contributed by atoms with E-state index < -0.39 is 30.2 Å². The van der Waals surface area contributed by atoms with Crippen molar-refractivity contribution < 1.29 is 27.6 Å². The Kier molecular flexibility index (Phi) is 6.02. The van der Waals surface area contributed by atoms with Crippen LogP contribution in [0, 0.1) is 5.82 Å². The molecule has 11 heteroatoms. The van der Waals surface area contributed by atoms with Gasteiger partial charge in [-0.2, -0.15) is 0 Å². The van der Waals surface area contributed by atoms with E-state index in [1.807, 2.05) is 0 Å². The molecule has 0 bridgehead atoms. The average molecular weight is 399 g/mol. The molecule has 0 aromatic heterocycles. The summed E-state index contributed by atoms with van der Waals surface area (Å²) in [6.07, 6.45) is -1.83. The van der Waals surface area contributed by atoms with Crippen LogP contribution in [0.4, 0.5) is 34.1 Å². The topological polar surface area (TPSA) is 93.8 Å². The van der Waals surface area contributed by atoms with Crippen LogP contribution < -0.4 is 20.9 Å². The number of benzene rings is 1. The summed E-state index contributed by atoms with van der Waals surface area (Å²) in [4.78, 5) is 37.9. The van der Waals surface area contributed by atoms with Gasteiger partial charge in [0.1, 0.15) is 5.82 Å². The van der Waals surface area contributed by atoms with Crippen LogP contribution in [0.2, 0.25) is 0 Å². The fraction of sp³-hybridized carbons (Fsp3) is 0.471. The van der Waals surface area contributed by atoms with E-state index in [0.29, 0.717) is 19.5 Å². The fourth-order valence-corrected chi connectivity index (χ4v) is 3.26. The van der Waals surface area contributed by atoms with Gasteiger partial charge in [-0.15, -0.1) is 0 Å². The van der Waals surface area contributed by atoms with Gasteiger partial charge < -0.3 is 10.6 Å². The summed E-state index contributed by atoms with van der Waals surface area (Å²) in [5.41, 5.74) is 0.188. The summed E-state index contributed by atoms with van der Waals surface area (Å²) in [6.45, 7) is 0.494. The number of carbonyl (C=O) groups excluding carboxylic acids is 3. The van der Waals surface area contributed by atoms with E-state index in [1.54, 1.807) is 4.90 Å². The number of nitrogens with zero attached hydrogens (tertiary/aromatic N) is 2. The van der Waals surface area contributed by atoms with E-state index in [9.17, 15) is 27.6 Å². The van der Waals surface area contributed by atoms with Crippen molar-refractivity contribution in [1.82, 2.24) is 15.5 Å². The van der Waals surface area contributed by atoms with Gasteiger partial charge in [0, 0.05) is 37.8 Å². The molecule has 2 aliphatic rings. The van der Waals surface area contributed by atoms with E-state index in [1.165, 1.54) is 12.1 Å². The Morgan fingerprint density at radius 1 is 1.29 bits per heavy atom. The summed E-state index contributed by atoms with van der Waals surface area (Å²) in [5.74, 6) is -1.11. The zero-order chi connectivity index (χ0) is 20.3. The van der Waals surface area contributed by atoms with Crippen LogP contribution >= 0.6 is 0 Å². The second kappa shape index (κ2) is 8.46. The van der Waals surface area contributed by atoms with E-state index >= 15 is 0 Å². The number of halogens is 3. The number of amides is 5. The first-order valence-electron chi connectivity index (χ1n) is 8.80. The standard InChI is InChI=1S/C17H20F3N5O3/c18-12-2-1-10(7-13(12)25-6-4-15(26)23-17(25)28)21-16(27)22-11-3-5-24(8-11)9-14(19)20/h1-2,7,11,14H,3-6,8-9H2,(H2,21,22,27)(H,23,26,28). The molecule has 1 aromatic rings. The maximum Gasteiger partial charge on any atom is 0.328 e. The van der Waals surface area contributed by atoms with E-state index in [2.05, 4.69) is 16.0 Å². The molecular weight excluding hydrogens is 379 g/mol. The summed E-state index contributed by atoms with van der Waals surface area (Å²) in [7, 11) is 0. The number of likely N-dealkylation sites (tertiary alicyclic amines) is 1. The molecule has 2 fully saturated rings. The Balaban J connectivity index is 1.59. The highest BCUT2D eigenvalue weighted by atomic mass is 19.3. The van der Waals surface area contributed by atoms with E-state index in [0.717, 1.165) is 11.0 Å². The Hall–Kier alpha value is -2.82. The first kappa shape index (κ1) is 19.9. The molecular formula is C17H20F3N5O3. The minimum Gasteiger partial charge on any atom is -0.334 e. The van der Waals surface area contributed by atoms with Crippen LogP contribution in [0.3, 0.4) is 0 Å². The van der Waals surface area contributed by atoms with Gasteiger partial charge in [0.25, 0.3) is 6.43 Å². The molecule has 0 spiro atoms. The number of imide groups is 1. The second-order valence-electron chi connectivity index (χ2n) is 6.66. The molecule has 3 rings (SSSR count). The lowest BCUT2D eigenvalue weighted by molar-refractivity contribution is -0.120. The van der Waals surface area contributed by atoms with Crippen LogP contribution in [0.5, 0.6) is 0 Å². The zero-order valence-corrected chi connectivity index (χ0v) is 14.9. The zero-order valence-electron chi connectivity index (χ0n) is 14.9. The van der Waals surface area contributed by atoms with Gasteiger partial charge in [-0.1, -0.05) is 0 Å². The fourth-order valence-electron chi connectivity index (χ4n) is 3.26. The van der Waals surface area contributed by atoms with Crippen LogP contribution in [-0.4, -0.2) is 61.5 Å². The Bertz CT molecular complexity index is 776. The lowest BCUT2D eigenvalue weighted by atomic mass is 10.2. The minimum atomic E-state index is -2.42. The Morgan fingerprint density at radius 2 is 2.07 bits per heavy atom. The van der Waals surface area contributed by atoms with E-state index in [-0.39, 0.29) is 36.9 Å². The monoisotopic (exact) mass is 399 g/mol. The molecule has 0 radical (unpaired) electrons. The van der Waals surface area contributed by atoms with Crippen molar-refractivity contribution in [2.75, 3.05) is 36.4 Å². The number of alkyl halides is 2. The van der Waals surface area contributed by atoms with Gasteiger partial charge >= 0.3 is 12.1 Å². The maximum absolute atomic E-state index is 14.1. The van der Waals surface area contributed by atoms with Crippen molar-refractivity contribution in [2.45, 2.75) is 25.3 Å². The summed E-state index contributed by atoms with van der Waals surface area (Å²) in [6, 6.07) is 2.18. The van der Waals surface area contributed by atoms with Gasteiger partial charge in [-0.05, 0) is 24.6 Å². The number of anilines is 2. The van der Waals surface area contributed by atoms with Gasteiger partial charge in [-0.3, -0.25) is 19.9 Å². The van der Waals surface area contributed by atoms with Crippen molar-refractivity contribution in [3.05, 3.63) is 24.0 Å². The first-order chi connectivity index (χ1) is 13.3.